The van der Waals surface area contributed by atoms with Gasteiger partial charge in [0.25, 0.3) is 5.91 Å². The highest BCUT2D eigenvalue weighted by Crippen LogP contribution is 2.40. The summed E-state index contributed by atoms with van der Waals surface area (Å²) in [5.74, 6) is -0.224. The van der Waals surface area contributed by atoms with Crippen molar-refractivity contribution in [1.82, 2.24) is 15.5 Å². The van der Waals surface area contributed by atoms with Gasteiger partial charge in [-0.05, 0) is 24.3 Å². The third-order valence-electron chi connectivity index (χ3n) is 3.81. The average Bonchev–Trinajstić information content (AvgIpc) is 3.28. The normalized spacial score (nSPS) is 19.3. The highest BCUT2D eigenvalue weighted by Gasteiger charge is 2.35. The van der Waals surface area contributed by atoms with Gasteiger partial charge in [0.1, 0.15) is 6.54 Å². The Labute approximate surface area is 122 Å². The zero-order valence-corrected chi connectivity index (χ0v) is 11.5. The summed E-state index contributed by atoms with van der Waals surface area (Å²) in [6.45, 7) is -0.252. The summed E-state index contributed by atoms with van der Waals surface area (Å²) in [4.78, 5) is 36.0. The van der Waals surface area contributed by atoms with Crippen LogP contribution in [0.25, 0.3) is 0 Å². The topological polar surface area (TPSA) is 78.5 Å². The van der Waals surface area contributed by atoms with Gasteiger partial charge in [-0.1, -0.05) is 30.3 Å². The van der Waals surface area contributed by atoms with Gasteiger partial charge in [-0.15, -0.1) is 0 Å². The Morgan fingerprint density at radius 2 is 2.00 bits per heavy atom. The quantitative estimate of drug-likeness (QED) is 0.786. The Balaban J connectivity index is 1.65. The highest BCUT2D eigenvalue weighted by molar-refractivity contribution is 6.04. The van der Waals surface area contributed by atoms with Crippen LogP contribution < -0.4 is 10.6 Å². The van der Waals surface area contributed by atoms with E-state index in [1.165, 1.54) is 0 Å². The van der Waals surface area contributed by atoms with E-state index >= 15 is 0 Å². The monoisotopic (exact) mass is 287 g/mol. The smallest absolute Gasteiger partial charge is 0.325 e. The second-order valence-electron chi connectivity index (χ2n) is 5.43. The molecule has 1 aromatic carbocycles. The molecular weight excluding hydrogens is 270 g/mol. The lowest BCUT2D eigenvalue weighted by molar-refractivity contribution is -0.131. The van der Waals surface area contributed by atoms with Crippen LogP contribution in [0.3, 0.4) is 0 Å². The maximum absolute atomic E-state index is 12.1. The molecule has 1 aliphatic carbocycles. The van der Waals surface area contributed by atoms with E-state index in [0.29, 0.717) is 5.92 Å². The van der Waals surface area contributed by atoms with E-state index in [2.05, 4.69) is 10.6 Å². The van der Waals surface area contributed by atoms with Gasteiger partial charge in [-0.3, -0.25) is 14.5 Å². The van der Waals surface area contributed by atoms with Gasteiger partial charge in [-0.25, -0.2) is 4.79 Å². The highest BCUT2D eigenvalue weighted by atomic mass is 16.2. The maximum atomic E-state index is 12.1. The number of hydrogen-bond acceptors (Lipinski definition) is 3. The fraction of sp³-hybridized carbons (Fsp3) is 0.400. The minimum Gasteiger partial charge on any atom is -0.347 e. The van der Waals surface area contributed by atoms with Crippen molar-refractivity contribution in [3.05, 3.63) is 35.9 Å². The van der Waals surface area contributed by atoms with Gasteiger partial charge < -0.3 is 10.6 Å². The van der Waals surface area contributed by atoms with Crippen molar-refractivity contribution >= 4 is 17.8 Å². The molecular formula is C15H17N3O3. The molecule has 110 valence electrons. The minimum absolute atomic E-state index is 0.0309. The molecule has 0 spiro atoms. The first-order chi connectivity index (χ1) is 10.1. The van der Waals surface area contributed by atoms with Gasteiger partial charge in [0.2, 0.25) is 5.91 Å². The lowest BCUT2D eigenvalue weighted by atomic mass is 10.0. The van der Waals surface area contributed by atoms with Crippen LogP contribution in [-0.4, -0.2) is 35.8 Å². The first-order valence-electron chi connectivity index (χ1n) is 7.07. The average molecular weight is 287 g/mol. The zero-order valence-electron chi connectivity index (χ0n) is 11.5. The van der Waals surface area contributed by atoms with E-state index < -0.39 is 6.03 Å². The SMILES string of the molecule is O=C(CN1C(=O)CNC1=O)NC(c1ccccc1)C1CC1. The molecule has 1 aliphatic heterocycles. The first-order valence-corrected chi connectivity index (χ1v) is 7.07. The van der Waals surface area contributed by atoms with Crippen LogP contribution >= 0.6 is 0 Å². The van der Waals surface area contributed by atoms with E-state index in [9.17, 15) is 14.4 Å². The van der Waals surface area contributed by atoms with Gasteiger partial charge in [0.15, 0.2) is 0 Å². The number of rotatable bonds is 5. The summed E-state index contributed by atoms with van der Waals surface area (Å²) in [7, 11) is 0. The van der Waals surface area contributed by atoms with Crippen LogP contribution in [0.15, 0.2) is 30.3 Å². The lowest BCUT2D eigenvalue weighted by Gasteiger charge is -2.20. The Morgan fingerprint density at radius 1 is 1.29 bits per heavy atom. The van der Waals surface area contributed by atoms with Crippen LogP contribution in [0.2, 0.25) is 0 Å². The van der Waals surface area contributed by atoms with Crippen molar-refractivity contribution in [3.63, 3.8) is 0 Å². The van der Waals surface area contributed by atoms with Crippen molar-refractivity contribution in [3.8, 4) is 0 Å². The molecule has 2 aliphatic rings. The molecule has 1 unspecified atom stereocenters. The second kappa shape index (κ2) is 5.55. The number of nitrogens with one attached hydrogen (secondary N) is 2. The summed E-state index contributed by atoms with van der Waals surface area (Å²) in [6, 6.07) is 9.23. The van der Waals surface area contributed by atoms with Gasteiger partial charge in [0.05, 0.1) is 12.6 Å². The third-order valence-corrected chi connectivity index (χ3v) is 3.81. The summed E-state index contributed by atoms with van der Waals surface area (Å²) in [5.41, 5.74) is 1.06. The van der Waals surface area contributed by atoms with Gasteiger partial charge in [-0.2, -0.15) is 0 Å². The predicted octanol–water partition coefficient (Wildman–Crippen LogP) is 0.806. The molecule has 0 radical (unpaired) electrons. The number of carbonyl (C=O) groups is 3. The molecule has 1 saturated carbocycles. The van der Waals surface area contributed by atoms with Gasteiger partial charge in [0, 0.05) is 0 Å². The Bertz CT molecular complexity index is 553. The molecule has 4 amide bonds. The third kappa shape index (κ3) is 3.04. The van der Waals surface area contributed by atoms with Crippen LogP contribution in [0.1, 0.15) is 24.4 Å². The molecule has 1 atom stereocenters. The van der Waals surface area contributed by atoms with Crippen molar-refractivity contribution in [2.75, 3.05) is 13.1 Å². The van der Waals surface area contributed by atoms with Crippen molar-refractivity contribution in [2.45, 2.75) is 18.9 Å². The van der Waals surface area contributed by atoms with E-state index in [0.717, 1.165) is 23.3 Å². The van der Waals surface area contributed by atoms with Crippen LogP contribution in [0.4, 0.5) is 4.79 Å². The molecule has 3 rings (SSSR count). The predicted molar refractivity (Wildman–Crippen MR) is 75.2 cm³/mol. The zero-order chi connectivity index (χ0) is 14.8. The van der Waals surface area contributed by atoms with Crippen LogP contribution in [0, 0.1) is 5.92 Å². The standard InChI is InChI=1S/C15H17N3O3/c19-12(9-18-13(20)8-16-15(18)21)17-14(11-6-7-11)10-4-2-1-3-5-10/h1-5,11,14H,6-9H2,(H,16,21)(H,17,19). The van der Waals surface area contributed by atoms with E-state index in [-0.39, 0.29) is 30.9 Å². The van der Waals surface area contributed by atoms with Crippen LogP contribution in [0.5, 0.6) is 0 Å². The summed E-state index contributed by atoms with van der Waals surface area (Å²) >= 11 is 0. The molecule has 0 aromatic heterocycles. The summed E-state index contributed by atoms with van der Waals surface area (Å²) in [5, 5.41) is 5.35. The minimum atomic E-state index is -0.502. The van der Waals surface area contributed by atoms with Crippen molar-refractivity contribution in [1.29, 1.82) is 0 Å². The Hall–Kier alpha value is -2.37. The molecule has 0 bridgehead atoms. The number of imide groups is 1. The fourth-order valence-electron chi connectivity index (χ4n) is 2.54. The summed E-state index contributed by atoms with van der Waals surface area (Å²) < 4.78 is 0. The van der Waals surface area contributed by atoms with Crippen molar-refractivity contribution < 1.29 is 14.4 Å². The molecule has 1 aromatic rings. The molecule has 1 heterocycles. The molecule has 2 N–H and O–H groups in total. The second-order valence-corrected chi connectivity index (χ2v) is 5.43. The maximum Gasteiger partial charge on any atom is 0.325 e. The van der Waals surface area contributed by atoms with Gasteiger partial charge >= 0.3 is 6.03 Å². The molecule has 21 heavy (non-hydrogen) atoms. The van der Waals surface area contributed by atoms with E-state index in [4.69, 9.17) is 0 Å². The summed E-state index contributed by atoms with van der Waals surface area (Å²) in [6.07, 6.45) is 2.17. The van der Waals surface area contributed by atoms with E-state index in [1.807, 2.05) is 30.3 Å². The number of nitrogens with zero attached hydrogens (tertiary/aromatic N) is 1. The largest absolute Gasteiger partial charge is 0.347 e. The molecule has 2 fully saturated rings. The molecule has 6 heteroatoms. The number of hydrogen-bond donors (Lipinski definition) is 2. The number of urea groups is 1. The number of benzene rings is 1. The van der Waals surface area contributed by atoms with Crippen molar-refractivity contribution in [2.24, 2.45) is 5.92 Å². The Morgan fingerprint density at radius 3 is 2.57 bits per heavy atom. The fourth-order valence-corrected chi connectivity index (χ4v) is 2.54. The number of carbonyl (C=O) groups excluding carboxylic acids is 3. The first kappa shape index (κ1) is 13.6. The molecule has 6 nitrogen and oxygen atoms in total. The number of amides is 4. The Kier molecular flexibility index (Phi) is 3.60. The molecule has 1 saturated heterocycles. The lowest BCUT2D eigenvalue weighted by Crippen LogP contribution is -2.42. The van der Waals surface area contributed by atoms with Crippen LogP contribution in [-0.2, 0) is 9.59 Å². The van der Waals surface area contributed by atoms with E-state index in [1.54, 1.807) is 0 Å².